The van der Waals surface area contributed by atoms with Gasteiger partial charge in [0.2, 0.25) is 0 Å². The van der Waals surface area contributed by atoms with Gasteiger partial charge in [0.25, 0.3) is 0 Å². The smallest absolute Gasteiger partial charge is 0.402 e. The van der Waals surface area contributed by atoms with E-state index in [4.69, 9.17) is 16.3 Å². The van der Waals surface area contributed by atoms with Crippen LogP contribution in [0.25, 0.3) is 0 Å². The van der Waals surface area contributed by atoms with Crippen LogP contribution in [0.1, 0.15) is 17.9 Å². The van der Waals surface area contributed by atoms with Gasteiger partial charge in [-0.15, -0.1) is 11.6 Å². The van der Waals surface area contributed by atoms with E-state index in [2.05, 4.69) is 15.9 Å². The highest BCUT2D eigenvalue weighted by atomic mass is 79.9. The van der Waals surface area contributed by atoms with Gasteiger partial charge in [0.05, 0.1) is 16.5 Å². The van der Waals surface area contributed by atoms with Crippen molar-refractivity contribution < 1.29 is 31.1 Å². The van der Waals surface area contributed by atoms with Gasteiger partial charge in [-0.25, -0.2) is 0 Å². The second-order valence-corrected chi connectivity index (χ2v) is 5.41. The number of alkyl halides is 7. The van der Waals surface area contributed by atoms with Crippen molar-refractivity contribution in [2.45, 2.75) is 24.7 Å². The standard InChI is InChI=1S/C12H10BrClF6O/c1-2-21-8-4-3-6(5-7(8)13)9(14)10(11(15,16)17)12(18,19)20/h3-5,9-10H,2H2,1H3. The van der Waals surface area contributed by atoms with Gasteiger partial charge in [-0.05, 0) is 40.5 Å². The van der Waals surface area contributed by atoms with Crippen molar-refractivity contribution in [2.24, 2.45) is 5.92 Å². The van der Waals surface area contributed by atoms with E-state index in [1.54, 1.807) is 6.92 Å². The molecule has 0 aliphatic heterocycles. The number of halogens is 8. The first kappa shape index (κ1) is 18.4. The van der Waals surface area contributed by atoms with Crippen LogP contribution in [0.4, 0.5) is 26.3 Å². The minimum atomic E-state index is -5.49. The number of hydrogen-bond acceptors (Lipinski definition) is 1. The molecule has 0 aliphatic rings. The van der Waals surface area contributed by atoms with Crippen molar-refractivity contribution >= 4 is 27.5 Å². The van der Waals surface area contributed by atoms with Gasteiger partial charge in [-0.2, -0.15) is 26.3 Å². The Labute approximate surface area is 130 Å². The van der Waals surface area contributed by atoms with Gasteiger partial charge in [0.15, 0.2) is 5.92 Å². The summed E-state index contributed by atoms with van der Waals surface area (Å²) < 4.78 is 81.0. The normalized spacial score (nSPS) is 14.4. The van der Waals surface area contributed by atoms with Crippen LogP contribution in [0, 0.1) is 5.92 Å². The molecule has 1 nitrogen and oxygen atoms in total. The maximum absolute atomic E-state index is 12.6. The lowest BCUT2D eigenvalue weighted by molar-refractivity contribution is -0.284. The first-order chi connectivity index (χ1) is 9.48. The van der Waals surface area contributed by atoms with Crippen molar-refractivity contribution in [1.82, 2.24) is 0 Å². The molecule has 0 fully saturated rings. The fourth-order valence-electron chi connectivity index (χ4n) is 1.67. The van der Waals surface area contributed by atoms with Crippen LogP contribution in [0.15, 0.2) is 22.7 Å². The zero-order valence-electron chi connectivity index (χ0n) is 10.5. The third-order valence-electron chi connectivity index (χ3n) is 2.57. The molecule has 0 amide bonds. The molecule has 1 atom stereocenters. The largest absolute Gasteiger partial charge is 0.493 e. The summed E-state index contributed by atoms with van der Waals surface area (Å²) in [6.45, 7) is 1.99. The summed E-state index contributed by atoms with van der Waals surface area (Å²) in [6.07, 6.45) is -11.0. The molecule has 0 radical (unpaired) electrons. The minimum absolute atomic E-state index is 0.232. The van der Waals surface area contributed by atoms with Crippen molar-refractivity contribution in [3.05, 3.63) is 28.2 Å². The van der Waals surface area contributed by atoms with E-state index in [0.717, 1.165) is 12.1 Å². The molecule has 0 heterocycles. The number of rotatable bonds is 4. The highest BCUT2D eigenvalue weighted by Crippen LogP contribution is 2.49. The van der Waals surface area contributed by atoms with Gasteiger partial charge in [0, 0.05) is 0 Å². The molecule has 1 aromatic carbocycles. The van der Waals surface area contributed by atoms with Crippen LogP contribution in [-0.4, -0.2) is 19.0 Å². The number of benzene rings is 1. The Morgan fingerprint density at radius 3 is 2.05 bits per heavy atom. The molecule has 1 rings (SSSR count). The molecule has 0 spiro atoms. The summed E-state index contributed by atoms with van der Waals surface area (Å²) in [4.78, 5) is 0. The lowest BCUT2D eigenvalue weighted by atomic mass is 9.97. The summed E-state index contributed by atoms with van der Waals surface area (Å²) in [6, 6.07) is 3.44. The van der Waals surface area contributed by atoms with E-state index in [0.29, 0.717) is 12.4 Å². The minimum Gasteiger partial charge on any atom is -0.493 e. The quantitative estimate of drug-likeness (QED) is 0.455. The fraction of sp³-hybridized carbons (Fsp3) is 0.500. The highest BCUT2D eigenvalue weighted by Gasteiger charge is 2.60. The highest BCUT2D eigenvalue weighted by molar-refractivity contribution is 9.10. The summed E-state index contributed by atoms with van der Waals surface area (Å²) >= 11 is 8.46. The Balaban J connectivity index is 3.16. The van der Waals surface area contributed by atoms with Crippen molar-refractivity contribution in [1.29, 1.82) is 0 Å². The summed E-state index contributed by atoms with van der Waals surface area (Å²) in [5.74, 6) is -3.34. The molecule has 0 saturated heterocycles. The lowest BCUT2D eigenvalue weighted by Gasteiger charge is -2.27. The summed E-state index contributed by atoms with van der Waals surface area (Å²) in [5.41, 5.74) is -0.299. The third-order valence-corrected chi connectivity index (χ3v) is 3.70. The molecular formula is C12H10BrClF6O. The van der Waals surface area contributed by atoms with E-state index >= 15 is 0 Å². The van der Waals surface area contributed by atoms with Gasteiger partial charge in [-0.3, -0.25) is 0 Å². The van der Waals surface area contributed by atoms with E-state index < -0.39 is 23.6 Å². The number of hydrogen-bond donors (Lipinski definition) is 0. The average Bonchev–Trinajstić information content (AvgIpc) is 2.28. The maximum Gasteiger partial charge on any atom is 0.402 e. The Bertz CT molecular complexity index is 474. The Morgan fingerprint density at radius 2 is 1.67 bits per heavy atom. The van der Waals surface area contributed by atoms with E-state index in [-0.39, 0.29) is 10.0 Å². The average molecular weight is 400 g/mol. The molecule has 0 aliphatic carbocycles. The first-order valence-electron chi connectivity index (χ1n) is 5.68. The van der Waals surface area contributed by atoms with Gasteiger partial charge >= 0.3 is 12.4 Å². The van der Waals surface area contributed by atoms with Crippen LogP contribution >= 0.6 is 27.5 Å². The molecule has 120 valence electrons. The van der Waals surface area contributed by atoms with Crippen molar-refractivity contribution in [3.8, 4) is 5.75 Å². The van der Waals surface area contributed by atoms with Gasteiger partial charge in [0.1, 0.15) is 5.75 Å². The Morgan fingerprint density at radius 1 is 1.14 bits per heavy atom. The Kier molecular flexibility index (Phi) is 5.83. The predicted octanol–water partition coefficient (Wildman–Crippen LogP) is 5.87. The van der Waals surface area contributed by atoms with Crippen molar-refractivity contribution in [3.63, 3.8) is 0 Å². The van der Waals surface area contributed by atoms with Crippen LogP contribution in [0.2, 0.25) is 0 Å². The molecule has 21 heavy (non-hydrogen) atoms. The van der Waals surface area contributed by atoms with Crippen LogP contribution in [0.3, 0.4) is 0 Å². The SMILES string of the molecule is CCOc1ccc(C(Cl)C(C(F)(F)F)C(F)(F)F)cc1Br. The topological polar surface area (TPSA) is 9.23 Å². The molecule has 1 unspecified atom stereocenters. The van der Waals surface area contributed by atoms with E-state index in [1.807, 2.05) is 0 Å². The zero-order valence-corrected chi connectivity index (χ0v) is 12.9. The van der Waals surface area contributed by atoms with Crippen LogP contribution < -0.4 is 4.74 Å². The fourth-order valence-corrected chi connectivity index (χ4v) is 2.60. The van der Waals surface area contributed by atoms with Crippen LogP contribution in [-0.2, 0) is 0 Å². The van der Waals surface area contributed by atoms with Gasteiger partial charge < -0.3 is 4.74 Å². The second-order valence-electron chi connectivity index (χ2n) is 4.09. The molecular weight excluding hydrogens is 389 g/mol. The van der Waals surface area contributed by atoms with Crippen LogP contribution in [0.5, 0.6) is 5.75 Å². The molecule has 0 bridgehead atoms. The molecule has 0 aromatic heterocycles. The maximum atomic E-state index is 12.6. The van der Waals surface area contributed by atoms with E-state index in [1.165, 1.54) is 6.07 Å². The zero-order chi connectivity index (χ0) is 16.4. The molecule has 0 N–H and O–H groups in total. The first-order valence-corrected chi connectivity index (χ1v) is 6.91. The summed E-state index contributed by atoms with van der Waals surface area (Å²) in [7, 11) is 0. The molecule has 9 heteroatoms. The molecule has 1 aromatic rings. The van der Waals surface area contributed by atoms with Crippen molar-refractivity contribution in [2.75, 3.05) is 6.61 Å². The summed E-state index contributed by atoms with van der Waals surface area (Å²) in [5, 5.41) is -2.28. The number of ether oxygens (including phenoxy) is 1. The van der Waals surface area contributed by atoms with Gasteiger partial charge in [-0.1, -0.05) is 6.07 Å². The third kappa shape index (κ3) is 4.67. The molecule has 0 saturated carbocycles. The monoisotopic (exact) mass is 398 g/mol. The lowest BCUT2D eigenvalue weighted by Crippen LogP contribution is -2.39. The second kappa shape index (κ2) is 6.64. The predicted molar refractivity (Wildman–Crippen MR) is 69.5 cm³/mol. The Hall–Kier alpha value is -0.630. The van der Waals surface area contributed by atoms with E-state index in [9.17, 15) is 26.3 Å².